The fourth-order valence-electron chi connectivity index (χ4n) is 9.88. The molecule has 330 valence electrons. The molecule has 4 heterocycles. The molecule has 0 unspecified atom stereocenters. The molecule has 0 fully saturated rings. The number of nitrogens with zero attached hydrogens (tertiary/aromatic N) is 4. The summed E-state index contributed by atoms with van der Waals surface area (Å²) in [5.74, 6) is 1.95. The molecule has 0 aliphatic carbocycles. The summed E-state index contributed by atoms with van der Waals surface area (Å²) in [4.78, 5) is 9.50. The largest absolute Gasteiger partial charge is 0.509 e. The smallest absolute Gasteiger partial charge is 0.135 e. The van der Waals surface area contributed by atoms with Crippen molar-refractivity contribution in [1.82, 2.24) is 9.55 Å². The van der Waals surface area contributed by atoms with Crippen molar-refractivity contribution < 1.29 is 30.2 Å². The molecule has 12 rings (SSSR count). The van der Waals surface area contributed by atoms with Crippen molar-refractivity contribution in [3.63, 3.8) is 0 Å². The summed E-state index contributed by atoms with van der Waals surface area (Å²) in [6.07, 6.45) is 1.90. The number of rotatable bonds is 7. The van der Waals surface area contributed by atoms with Crippen LogP contribution in [-0.2, 0) is 26.5 Å². The molecular formula is C60H45N4O2Pt-3. The predicted octanol–water partition coefficient (Wildman–Crippen LogP) is 16.1. The van der Waals surface area contributed by atoms with Crippen LogP contribution in [0.5, 0.6) is 11.5 Å². The van der Waals surface area contributed by atoms with Gasteiger partial charge in [0.05, 0.1) is 0 Å². The zero-order chi connectivity index (χ0) is 44.7. The van der Waals surface area contributed by atoms with Gasteiger partial charge in [-0.25, -0.2) is 4.98 Å². The molecule has 8 aromatic carbocycles. The molecule has 67 heavy (non-hydrogen) atoms. The molecule has 6 nitrogen and oxygen atoms in total. The normalized spacial score (nSPS) is 12.6. The fraction of sp³-hybridized carbons (Fsp3) is 0.100. The van der Waals surface area contributed by atoms with E-state index in [2.05, 4.69) is 207 Å². The zero-order valence-corrected chi connectivity index (χ0v) is 40.0. The van der Waals surface area contributed by atoms with E-state index in [-0.39, 0.29) is 26.5 Å². The van der Waals surface area contributed by atoms with Gasteiger partial charge in [-0.1, -0.05) is 129 Å². The first-order valence-corrected chi connectivity index (χ1v) is 22.4. The minimum atomic E-state index is -0.0705. The molecule has 0 bridgehead atoms. The average Bonchev–Trinajstić information content (AvgIpc) is 4.01. The molecule has 7 heteroatoms. The quantitative estimate of drug-likeness (QED) is 0.149. The molecule has 1 aliphatic rings. The van der Waals surface area contributed by atoms with Crippen LogP contribution < -0.4 is 14.5 Å². The second-order valence-electron chi connectivity index (χ2n) is 18.2. The monoisotopic (exact) mass is 1050 g/mol. The van der Waals surface area contributed by atoms with Gasteiger partial charge in [0.2, 0.25) is 0 Å². The van der Waals surface area contributed by atoms with Gasteiger partial charge in [-0.05, 0) is 94.9 Å². The summed E-state index contributed by atoms with van der Waals surface area (Å²) in [7, 11) is 0. The number of aryl methyl sites for hydroxylation is 2. The number of pyridine rings is 1. The molecule has 1 aliphatic heterocycles. The van der Waals surface area contributed by atoms with Crippen LogP contribution in [0.4, 0.5) is 22.7 Å². The van der Waals surface area contributed by atoms with Gasteiger partial charge in [-0.2, -0.15) is 12.1 Å². The predicted molar refractivity (Wildman–Crippen MR) is 271 cm³/mol. The van der Waals surface area contributed by atoms with Crippen molar-refractivity contribution in [2.24, 2.45) is 0 Å². The Balaban J connectivity index is 0.00000494. The van der Waals surface area contributed by atoms with E-state index < -0.39 is 0 Å². The standard InChI is InChI=1S/C60H45N4O2.Pt/c1-38-33-39(2)56(41-19-10-7-11-20-41)58(55(38)40-17-8-6-9-18-40)63-37-62(49-24-13-14-25-50(49)63)43-21-16-22-44(35-43)65-45-27-28-48-52(36-45)64(54-34-42(31-32-61-54)60(3,4)5)51-30-29-47-46-23-12-15-26-53(46)66-59(47)57(48)51;/h6-34,37H,1-5H3;/q-3;. The van der Waals surface area contributed by atoms with Crippen LogP contribution in [0.15, 0.2) is 180 Å². The van der Waals surface area contributed by atoms with Crippen molar-refractivity contribution >= 4 is 66.5 Å². The summed E-state index contributed by atoms with van der Waals surface area (Å²) in [6, 6.07) is 66.6. The summed E-state index contributed by atoms with van der Waals surface area (Å²) in [5, 5.41) is 4.18. The zero-order valence-electron chi connectivity index (χ0n) is 37.7. The summed E-state index contributed by atoms with van der Waals surface area (Å²) >= 11 is 0. The Labute approximate surface area is 405 Å². The molecule has 3 aromatic heterocycles. The Hall–Kier alpha value is -7.40. The molecular weight excluding hydrogens is 1000 g/mol. The van der Waals surface area contributed by atoms with Crippen LogP contribution in [0.25, 0.3) is 71.8 Å². The molecule has 0 saturated heterocycles. The van der Waals surface area contributed by atoms with Gasteiger partial charge in [-0.3, -0.25) is 0 Å². The van der Waals surface area contributed by atoms with E-state index in [0.29, 0.717) is 11.5 Å². The Bertz CT molecular complexity index is 3620. The third kappa shape index (κ3) is 7.10. The maximum atomic E-state index is 6.75. The third-order valence-corrected chi connectivity index (χ3v) is 12.9. The number of aromatic nitrogens is 2. The average molecular weight is 1050 g/mol. The van der Waals surface area contributed by atoms with Crippen LogP contribution in [0.1, 0.15) is 37.5 Å². The van der Waals surface area contributed by atoms with Crippen molar-refractivity contribution in [2.45, 2.75) is 40.0 Å². The Morgan fingerprint density at radius 2 is 1.24 bits per heavy atom. The van der Waals surface area contributed by atoms with E-state index in [0.717, 1.165) is 72.3 Å². The van der Waals surface area contributed by atoms with Crippen LogP contribution in [0.2, 0.25) is 0 Å². The Morgan fingerprint density at radius 3 is 1.96 bits per heavy atom. The Morgan fingerprint density at radius 1 is 0.597 bits per heavy atom. The van der Waals surface area contributed by atoms with Crippen LogP contribution in [-0.4, -0.2) is 9.55 Å². The minimum absolute atomic E-state index is 0. The summed E-state index contributed by atoms with van der Waals surface area (Å²) in [5.41, 5.74) is 15.9. The first-order valence-electron chi connectivity index (χ1n) is 22.4. The van der Waals surface area contributed by atoms with Gasteiger partial charge in [-0.15, -0.1) is 42.7 Å². The number of benzene rings is 8. The number of para-hydroxylation sites is 3. The first-order chi connectivity index (χ1) is 32.2. The SMILES string of the molecule is Cc1cc(C)c(-c2ccccc2)c(N2[CH-]N(c3[c-]c(Oc4[c-]c5c(cc4)c4c6oc7ccccc7c6ccc4n5-c4cc(C(C)(C)C)ccn4)ccc3)c3ccccc32)c1-c1ccccc1.[Pt]. The number of furan rings is 1. The van der Waals surface area contributed by atoms with Gasteiger partial charge >= 0.3 is 0 Å². The maximum absolute atomic E-state index is 6.75. The first kappa shape index (κ1) is 42.2. The third-order valence-electron chi connectivity index (χ3n) is 12.9. The van der Waals surface area contributed by atoms with Gasteiger partial charge in [0, 0.05) is 83.2 Å². The minimum Gasteiger partial charge on any atom is -0.509 e. The molecule has 0 spiro atoms. The van der Waals surface area contributed by atoms with Crippen LogP contribution in [0.3, 0.4) is 0 Å². The van der Waals surface area contributed by atoms with Crippen LogP contribution >= 0.6 is 0 Å². The number of ether oxygens (including phenoxy) is 1. The van der Waals surface area contributed by atoms with E-state index in [1.165, 1.54) is 38.9 Å². The molecule has 0 saturated carbocycles. The van der Waals surface area contributed by atoms with Crippen LogP contribution in [0, 0.1) is 32.6 Å². The number of fused-ring (bicyclic) bond motifs is 8. The second-order valence-corrected chi connectivity index (χ2v) is 18.2. The van der Waals surface area contributed by atoms with Gasteiger partial charge < -0.3 is 23.5 Å². The van der Waals surface area contributed by atoms with Crippen molar-refractivity contribution in [3.8, 4) is 39.6 Å². The number of hydrogen-bond acceptors (Lipinski definition) is 5. The molecule has 0 amide bonds. The van der Waals surface area contributed by atoms with E-state index in [1.807, 2.05) is 36.5 Å². The summed E-state index contributed by atoms with van der Waals surface area (Å²) < 4.78 is 15.6. The van der Waals surface area contributed by atoms with E-state index in [1.54, 1.807) is 0 Å². The van der Waals surface area contributed by atoms with E-state index in [9.17, 15) is 0 Å². The Kier molecular flexibility index (Phi) is 10.4. The molecule has 11 aromatic rings. The number of anilines is 4. The van der Waals surface area contributed by atoms with E-state index in [4.69, 9.17) is 14.1 Å². The number of hydrogen-bond donors (Lipinski definition) is 0. The molecule has 0 atom stereocenters. The van der Waals surface area contributed by atoms with Crippen molar-refractivity contribution in [1.29, 1.82) is 0 Å². The fourth-order valence-corrected chi connectivity index (χ4v) is 9.88. The van der Waals surface area contributed by atoms with Gasteiger partial charge in [0.25, 0.3) is 0 Å². The van der Waals surface area contributed by atoms with Gasteiger partial charge in [0.1, 0.15) is 17.0 Å². The summed E-state index contributed by atoms with van der Waals surface area (Å²) in [6.45, 7) is 13.3. The van der Waals surface area contributed by atoms with Gasteiger partial charge in [0.15, 0.2) is 0 Å². The second kappa shape index (κ2) is 16.5. The molecule has 0 radical (unpaired) electrons. The topological polar surface area (TPSA) is 46.7 Å². The molecule has 0 N–H and O–H groups in total. The van der Waals surface area contributed by atoms with Crippen molar-refractivity contribution in [3.05, 3.63) is 212 Å². The van der Waals surface area contributed by atoms with Crippen molar-refractivity contribution in [2.75, 3.05) is 9.80 Å². The van der Waals surface area contributed by atoms with E-state index >= 15 is 0 Å². The maximum Gasteiger partial charge on any atom is 0.135 e.